The van der Waals surface area contributed by atoms with E-state index in [1.54, 1.807) is 73.7 Å². The molecule has 0 amide bonds. The molecular formula is C56H48Cl4N4O14S2. The highest BCUT2D eigenvalue weighted by molar-refractivity contribution is 7.20. The number of nitrogens with zero attached hydrogens (tertiary/aromatic N) is 4. The Morgan fingerprint density at radius 3 is 1.43 bits per heavy atom. The molecule has 8 aromatic rings. The highest BCUT2D eigenvalue weighted by Crippen LogP contribution is 2.48. The lowest BCUT2D eigenvalue weighted by atomic mass is 10.0. The van der Waals surface area contributed by atoms with Crippen molar-refractivity contribution in [1.82, 2.24) is 20.3 Å². The lowest BCUT2D eigenvalue weighted by Gasteiger charge is -2.17. The van der Waals surface area contributed by atoms with Crippen LogP contribution in [0.4, 0.5) is 0 Å². The number of hydrogen-bond donors (Lipinski definition) is 1. The first kappa shape index (κ1) is 53.8. The highest BCUT2D eigenvalue weighted by Gasteiger charge is 2.52. The van der Waals surface area contributed by atoms with Crippen molar-refractivity contribution in [3.05, 3.63) is 127 Å². The fourth-order valence-corrected chi connectivity index (χ4v) is 13.4. The van der Waals surface area contributed by atoms with Crippen molar-refractivity contribution < 1.29 is 66.4 Å². The molecule has 6 fully saturated rings. The Hall–Kier alpha value is -5.46. The first-order valence-electron chi connectivity index (χ1n) is 26.1. The minimum Gasteiger partial charge on any atom is -0.478 e. The maximum Gasteiger partial charge on any atom is 0.338 e. The van der Waals surface area contributed by atoms with E-state index in [2.05, 4.69) is 20.3 Å². The van der Waals surface area contributed by atoms with Gasteiger partial charge in [-0.1, -0.05) is 91.5 Å². The molecule has 4 aliphatic heterocycles. The number of hydrogen-bond acceptors (Lipinski definition) is 19. The lowest BCUT2D eigenvalue weighted by Crippen LogP contribution is -2.35. The van der Waals surface area contributed by atoms with Crippen molar-refractivity contribution in [3.63, 3.8) is 0 Å². The Kier molecular flexibility index (Phi) is 15.3. The van der Waals surface area contributed by atoms with Crippen molar-refractivity contribution in [1.29, 1.82) is 0 Å². The number of carboxylic acid groups (broad SMARTS) is 1. The fourth-order valence-electron chi connectivity index (χ4n) is 10.5. The molecular weight excluding hydrogens is 1160 g/mol. The van der Waals surface area contributed by atoms with Crippen LogP contribution in [0.3, 0.4) is 0 Å². The van der Waals surface area contributed by atoms with Crippen LogP contribution in [-0.4, -0.2) is 119 Å². The van der Waals surface area contributed by atoms with E-state index in [0.717, 1.165) is 63.2 Å². The molecule has 14 rings (SSSR count). The SMILES string of the molecule is CCOC(=O)c1ccc2nc(O[C@@H]3CO[C@H]4[C@@H]3OC[C@@H]4OCc3c(-c4c(Cl)cccc4Cl)noc3C3CC3)sc2c1.O=C(O)c1ccc2nc(O[C@@H]3CO[C@H]4[C@@H]3OC[C@@H]4OCc3c(-c4c(Cl)cccc4Cl)noc3C3CC3)sc2c1. The molecule has 18 nitrogen and oxygen atoms in total. The predicted octanol–water partition coefficient (Wildman–Crippen LogP) is 12.4. The van der Waals surface area contributed by atoms with Crippen molar-refractivity contribution in [2.45, 2.75) is 106 Å². The number of thiazole rings is 2. The normalized spacial score (nSPS) is 24.0. The zero-order valence-corrected chi connectivity index (χ0v) is 47.0. The van der Waals surface area contributed by atoms with Crippen LogP contribution in [0.25, 0.3) is 42.9 Å². The van der Waals surface area contributed by atoms with Crippen molar-refractivity contribution >= 4 is 101 Å². The van der Waals surface area contributed by atoms with E-state index in [1.165, 1.54) is 28.7 Å². The van der Waals surface area contributed by atoms with Gasteiger partial charge in [0.2, 0.25) is 0 Å². The third-order valence-corrected chi connectivity index (χ3v) is 17.8. The van der Waals surface area contributed by atoms with Crippen molar-refractivity contribution in [2.75, 3.05) is 33.0 Å². The maximum atomic E-state index is 12.1. The lowest BCUT2D eigenvalue weighted by molar-refractivity contribution is -0.0428. The van der Waals surface area contributed by atoms with E-state index in [0.29, 0.717) is 109 Å². The monoisotopic (exact) mass is 1200 g/mol. The molecule has 0 unspecified atom stereocenters. The third kappa shape index (κ3) is 10.8. The van der Waals surface area contributed by atoms with Crippen LogP contribution in [0, 0.1) is 0 Å². The number of ether oxygens (including phenoxy) is 9. The topological polar surface area (TPSA) is 215 Å². The summed E-state index contributed by atoms with van der Waals surface area (Å²) in [6, 6.07) is 20.8. The van der Waals surface area contributed by atoms with Crippen LogP contribution in [-0.2, 0) is 46.4 Å². The van der Waals surface area contributed by atoms with Gasteiger partial charge in [0.1, 0.15) is 59.5 Å². The van der Waals surface area contributed by atoms with Crippen LogP contribution < -0.4 is 9.47 Å². The molecule has 1 N–H and O–H groups in total. The molecule has 6 aliphatic rings. The van der Waals surface area contributed by atoms with Gasteiger partial charge in [0.25, 0.3) is 10.4 Å². The van der Waals surface area contributed by atoms with Crippen molar-refractivity contribution in [3.8, 4) is 32.9 Å². The Bertz CT molecular complexity index is 3600. The summed E-state index contributed by atoms with van der Waals surface area (Å²) in [6.07, 6.45) is 1.65. The van der Waals surface area contributed by atoms with Gasteiger partial charge in [0, 0.05) is 34.1 Å². The summed E-state index contributed by atoms with van der Waals surface area (Å²) < 4.78 is 67.6. The van der Waals surface area contributed by atoms with Crippen molar-refractivity contribution in [2.24, 2.45) is 0 Å². The summed E-state index contributed by atoms with van der Waals surface area (Å²) in [7, 11) is 0. The van der Waals surface area contributed by atoms with E-state index in [1.807, 2.05) is 0 Å². The molecule has 8 atom stereocenters. The van der Waals surface area contributed by atoms with Gasteiger partial charge >= 0.3 is 11.9 Å². The third-order valence-electron chi connectivity index (χ3n) is 14.7. The zero-order chi connectivity index (χ0) is 54.8. The van der Waals surface area contributed by atoms with Gasteiger partial charge in [-0.2, -0.15) is 0 Å². The molecule has 80 heavy (non-hydrogen) atoms. The number of rotatable bonds is 17. The fraction of sp³-hybridized carbons (Fsp3) is 0.393. The number of benzene rings is 4. The molecule has 24 heteroatoms. The highest BCUT2D eigenvalue weighted by atomic mass is 35.5. The number of aromatic nitrogens is 4. The number of fused-ring (bicyclic) bond motifs is 4. The number of carbonyl (C=O) groups is 2. The Morgan fingerprint density at radius 1 is 0.588 bits per heavy atom. The Balaban J connectivity index is 0.000000151. The maximum absolute atomic E-state index is 12.1. The quantitative estimate of drug-likeness (QED) is 0.0839. The second kappa shape index (κ2) is 22.7. The molecule has 4 aromatic heterocycles. The molecule has 0 bridgehead atoms. The molecule has 4 aromatic carbocycles. The second-order valence-corrected chi connectivity index (χ2v) is 23.7. The molecule has 2 saturated carbocycles. The van der Waals surface area contributed by atoms with E-state index in [4.69, 9.17) is 98.1 Å². The van der Waals surface area contributed by atoms with Gasteiger partial charge in [0.05, 0.1) is 97.9 Å². The molecule has 416 valence electrons. The standard InChI is InChI=1S/C29H26Cl2N2O7S.C27H22Cl2N2O7S/c1-2-35-28(34)15-8-9-19-22(10-15)41-29(32-19)39-21-13-38-26-20(12-37-27(21)26)36-11-16-24(33-40-25(16)14-6-7-14)23-17(30)4-3-5-18(23)31;28-15-2-1-3-16(29)21(15)22-14(23(38-31-22)12-4-5-12)9-34-18-10-35-25-19(11-36-24(18)25)37-27-30-17-7-6-13(26(32)33)8-20(17)39-27/h3-5,8-10,14,20-21,26-27H,2,6-7,11-13H2,1H3;1-3,6-8,12,18-19,24-25H,4-5,9-11H2,(H,32,33)/t20-,21+,26+,27+;18-,19+,24+,25+/m00/s1. The van der Waals surface area contributed by atoms with E-state index in [-0.39, 0.29) is 73.6 Å². The Morgan fingerprint density at radius 2 is 1.00 bits per heavy atom. The molecule has 8 heterocycles. The molecule has 0 spiro atoms. The summed E-state index contributed by atoms with van der Waals surface area (Å²) in [4.78, 5) is 32.4. The van der Waals surface area contributed by atoms with Crippen LogP contribution in [0.1, 0.15) is 87.8 Å². The average Bonchev–Trinajstić information content (AvgIpc) is 3.83. The summed E-state index contributed by atoms with van der Waals surface area (Å²) in [6.45, 7) is 4.00. The minimum atomic E-state index is -0.984. The van der Waals surface area contributed by atoms with Crippen LogP contribution in [0.2, 0.25) is 20.1 Å². The van der Waals surface area contributed by atoms with Gasteiger partial charge < -0.3 is 56.8 Å². The van der Waals surface area contributed by atoms with E-state index < -0.39 is 5.97 Å². The number of halogens is 4. The Labute approximate surface area is 484 Å². The van der Waals surface area contributed by atoms with Gasteiger partial charge in [-0.3, -0.25) is 0 Å². The smallest absolute Gasteiger partial charge is 0.338 e. The van der Waals surface area contributed by atoms with E-state index >= 15 is 0 Å². The van der Waals surface area contributed by atoms with E-state index in [9.17, 15) is 14.7 Å². The number of carbonyl (C=O) groups excluding carboxylic acids is 1. The van der Waals surface area contributed by atoms with Crippen LogP contribution in [0.5, 0.6) is 10.4 Å². The number of carboxylic acids is 1. The molecule has 0 radical (unpaired) electrons. The van der Waals surface area contributed by atoms with Gasteiger partial charge in [-0.25, -0.2) is 19.6 Å². The minimum absolute atomic E-state index is 0.207. The van der Waals surface area contributed by atoms with Gasteiger partial charge in [0.15, 0.2) is 12.2 Å². The summed E-state index contributed by atoms with van der Waals surface area (Å²) in [5, 5.41) is 20.8. The zero-order valence-electron chi connectivity index (χ0n) is 42.4. The number of aromatic carboxylic acids is 1. The second-order valence-electron chi connectivity index (χ2n) is 20.0. The molecule has 2 aliphatic carbocycles. The average molecular weight is 1210 g/mol. The number of esters is 1. The van der Waals surface area contributed by atoms with Crippen LogP contribution in [0.15, 0.2) is 81.8 Å². The van der Waals surface area contributed by atoms with Gasteiger partial charge in [-0.05, 0) is 93.3 Å². The van der Waals surface area contributed by atoms with Gasteiger partial charge in [-0.15, -0.1) is 0 Å². The molecule has 4 saturated heterocycles. The summed E-state index contributed by atoms with van der Waals surface area (Å²) in [5.41, 5.74) is 6.29. The van der Waals surface area contributed by atoms with Crippen LogP contribution >= 0.6 is 69.1 Å². The first-order valence-corrected chi connectivity index (χ1v) is 29.2. The summed E-state index contributed by atoms with van der Waals surface area (Å²) >= 11 is 28.6. The first-order chi connectivity index (χ1) is 39.0. The largest absolute Gasteiger partial charge is 0.478 e. The summed E-state index contributed by atoms with van der Waals surface area (Å²) in [5.74, 6) is 0.933. The predicted molar refractivity (Wildman–Crippen MR) is 295 cm³/mol.